The van der Waals surface area contributed by atoms with E-state index in [1.54, 1.807) is 11.3 Å². The van der Waals surface area contributed by atoms with Gasteiger partial charge in [0.05, 0.1) is 21.8 Å². The molecule has 0 bridgehead atoms. The smallest absolute Gasteiger partial charge is 0.159 e. The van der Waals surface area contributed by atoms with Crippen molar-refractivity contribution in [2.75, 3.05) is 19.6 Å². The molecule has 0 spiro atoms. The molecule has 6 heterocycles. The third kappa shape index (κ3) is 2.98. The first kappa shape index (κ1) is 17.7. The number of pyridine rings is 2. The molecule has 0 atom stereocenters. The maximum atomic E-state index is 5.04. The van der Waals surface area contributed by atoms with Gasteiger partial charge in [-0.15, -0.1) is 11.3 Å². The van der Waals surface area contributed by atoms with E-state index < -0.39 is 0 Å². The molecule has 0 unspecified atom stereocenters. The second kappa shape index (κ2) is 7.27. The second-order valence-electron chi connectivity index (χ2n) is 7.49. The molecule has 2 N–H and O–H groups in total. The summed E-state index contributed by atoms with van der Waals surface area (Å²) in [5.41, 5.74) is 8.12. The van der Waals surface area contributed by atoms with Gasteiger partial charge in [0.1, 0.15) is 16.9 Å². The first-order valence-electron chi connectivity index (χ1n) is 10.2. The van der Waals surface area contributed by atoms with Crippen LogP contribution in [0, 0.1) is 0 Å². The fourth-order valence-corrected chi connectivity index (χ4v) is 4.84. The lowest BCUT2D eigenvalue weighted by Gasteiger charge is -2.18. The Morgan fingerprint density at radius 2 is 2.00 bits per heavy atom. The molecule has 0 fully saturated rings. The molecule has 6 rings (SSSR count). The van der Waals surface area contributed by atoms with Gasteiger partial charge < -0.3 is 10.3 Å². The predicted octanol–water partition coefficient (Wildman–Crippen LogP) is 3.85. The molecular formula is C23H20N6S. The standard InChI is InChI=1S/C23H20N6S/c1-2-18(30-13-1)21-20-17(8-12-25-21)28-23(29-20)22-19-15(7-11-26-22)3-4-16(27-19)14-5-9-24-10-6-14/h1-5,8,12-13,24H,6-7,9-11H2,(H,28,29). The Kier molecular flexibility index (Phi) is 4.28. The number of fused-ring (bicyclic) bond motifs is 2. The Morgan fingerprint density at radius 1 is 1.00 bits per heavy atom. The van der Waals surface area contributed by atoms with E-state index in [2.05, 4.69) is 44.9 Å². The number of imidazole rings is 1. The Hall–Kier alpha value is -3.16. The van der Waals surface area contributed by atoms with Crippen molar-refractivity contribution < 1.29 is 0 Å². The van der Waals surface area contributed by atoms with Crippen molar-refractivity contribution in [2.45, 2.75) is 12.8 Å². The van der Waals surface area contributed by atoms with Gasteiger partial charge in [0.25, 0.3) is 0 Å². The molecule has 148 valence electrons. The molecule has 4 aromatic heterocycles. The number of hydrogen-bond donors (Lipinski definition) is 2. The number of thiophene rings is 1. The minimum absolute atomic E-state index is 0.753. The van der Waals surface area contributed by atoms with Gasteiger partial charge in [0.15, 0.2) is 5.82 Å². The normalized spacial score (nSPS) is 16.3. The Morgan fingerprint density at radius 3 is 2.87 bits per heavy atom. The van der Waals surface area contributed by atoms with Gasteiger partial charge in [-0.25, -0.2) is 9.97 Å². The molecular weight excluding hydrogens is 392 g/mol. The van der Waals surface area contributed by atoms with Gasteiger partial charge in [-0.3, -0.25) is 9.98 Å². The topological polar surface area (TPSA) is 78.8 Å². The van der Waals surface area contributed by atoms with Crippen LogP contribution in [-0.2, 0) is 6.42 Å². The molecule has 30 heavy (non-hydrogen) atoms. The minimum Gasteiger partial charge on any atom is -0.336 e. The van der Waals surface area contributed by atoms with Gasteiger partial charge in [0, 0.05) is 19.3 Å². The molecule has 7 heteroatoms. The van der Waals surface area contributed by atoms with E-state index in [0.29, 0.717) is 0 Å². The van der Waals surface area contributed by atoms with Crippen molar-refractivity contribution in [2.24, 2.45) is 4.99 Å². The van der Waals surface area contributed by atoms with Gasteiger partial charge in [-0.05, 0) is 54.1 Å². The Bertz CT molecular complexity index is 1300. The monoisotopic (exact) mass is 412 g/mol. The highest BCUT2D eigenvalue weighted by atomic mass is 32.1. The molecule has 0 aromatic carbocycles. The fraction of sp³-hybridized carbons (Fsp3) is 0.217. The highest BCUT2D eigenvalue weighted by molar-refractivity contribution is 7.13. The van der Waals surface area contributed by atoms with Crippen molar-refractivity contribution in [3.63, 3.8) is 0 Å². The zero-order valence-corrected chi connectivity index (χ0v) is 17.2. The number of aliphatic imine (C=N–C) groups is 1. The molecule has 2 aliphatic heterocycles. The zero-order valence-electron chi connectivity index (χ0n) is 16.4. The largest absolute Gasteiger partial charge is 0.336 e. The summed E-state index contributed by atoms with van der Waals surface area (Å²) in [4.78, 5) is 24.0. The van der Waals surface area contributed by atoms with E-state index in [1.807, 2.05) is 18.3 Å². The average molecular weight is 413 g/mol. The summed E-state index contributed by atoms with van der Waals surface area (Å²) >= 11 is 1.67. The van der Waals surface area contributed by atoms with Crippen LogP contribution in [0.4, 0.5) is 0 Å². The first-order chi connectivity index (χ1) is 14.9. The van der Waals surface area contributed by atoms with Gasteiger partial charge in [-0.1, -0.05) is 18.2 Å². The van der Waals surface area contributed by atoms with E-state index in [4.69, 9.17) is 15.0 Å². The number of hydrogen-bond acceptors (Lipinski definition) is 6. The lowest BCUT2D eigenvalue weighted by Crippen LogP contribution is -2.22. The van der Waals surface area contributed by atoms with Crippen LogP contribution >= 0.6 is 11.3 Å². The summed E-state index contributed by atoms with van der Waals surface area (Å²) in [6.07, 6.45) is 5.97. The van der Waals surface area contributed by atoms with Crippen LogP contribution in [0.3, 0.4) is 0 Å². The third-order valence-electron chi connectivity index (χ3n) is 5.63. The molecule has 4 aromatic rings. The highest BCUT2D eigenvalue weighted by Crippen LogP contribution is 2.30. The lowest BCUT2D eigenvalue weighted by atomic mass is 9.99. The van der Waals surface area contributed by atoms with E-state index in [1.165, 1.54) is 11.1 Å². The maximum Gasteiger partial charge on any atom is 0.159 e. The summed E-state index contributed by atoms with van der Waals surface area (Å²) in [7, 11) is 0. The molecule has 0 saturated heterocycles. The molecule has 0 saturated carbocycles. The fourth-order valence-electron chi connectivity index (χ4n) is 4.12. The molecule has 6 nitrogen and oxygen atoms in total. The highest BCUT2D eigenvalue weighted by Gasteiger charge is 2.23. The van der Waals surface area contributed by atoms with Crippen LogP contribution in [0.5, 0.6) is 0 Å². The number of nitrogens with one attached hydrogen (secondary N) is 2. The first-order valence-corrected chi connectivity index (χ1v) is 11.1. The Balaban J connectivity index is 1.46. The van der Waals surface area contributed by atoms with Crippen LogP contribution in [-0.4, -0.2) is 45.3 Å². The number of nitrogens with zero attached hydrogens (tertiary/aromatic N) is 4. The summed E-state index contributed by atoms with van der Waals surface area (Å²) in [6.45, 7) is 2.65. The van der Waals surface area contributed by atoms with E-state index in [0.717, 1.165) is 77.0 Å². The summed E-state index contributed by atoms with van der Waals surface area (Å²) < 4.78 is 0. The SMILES string of the molecule is C1=C(c2ccc3c(n2)C(c2nc4c(-c5cccs5)nccc4[nH]2)=NCC3)CCNC1. The quantitative estimate of drug-likeness (QED) is 0.536. The third-order valence-corrected chi connectivity index (χ3v) is 6.50. The molecule has 0 amide bonds. The minimum atomic E-state index is 0.753. The van der Waals surface area contributed by atoms with E-state index in [9.17, 15) is 0 Å². The zero-order chi connectivity index (χ0) is 19.9. The molecule has 0 aliphatic carbocycles. The average Bonchev–Trinajstić information content (AvgIpc) is 3.49. The predicted molar refractivity (Wildman–Crippen MR) is 121 cm³/mol. The lowest BCUT2D eigenvalue weighted by molar-refractivity contribution is 0.736. The van der Waals surface area contributed by atoms with Crippen LogP contribution in [0.2, 0.25) is 0 Å². The number of rotatable bonds is 3. The van der Waals surface area contributed by atoms with Crippen molar-refractivity contribution in [3.05, 3.63) is 70.8 Å². The van der Waals surface area contributed by atoms with Crippen LogP contribution in [0.25, 0.3) is 27.2 Å². The summed E-state index contributed by atoms with van der Waals surface area (Å²) in [6, 6.07) is 10.4. The summed E-state index contributed by atoms with van der Waals surface area (Å²) in [5, 5.41) is 5.43. The van der Waals surface area contributed by atoms with Crippen molar-refractivity contribution in [1.82, 2.24) is 25.3 Å². The molecule has 0 radical (unpaired) electrons. The van der Waals surface area contributed by atoms with E-state index >= 15 is 0 Å². The summed E-state index contributed by atoms with van der Waals surface area (Å²) in [5.74, 6) is 0.765. The number of aromatic amines is 1. The van der Waals surface area contributed by atoms with E-state index in [-0.39, 0.29) is 0 Å². The van der Waals surface area contributed by atoms with Gasteiger partial charge >= 0.3 is 0 Å². The van der Waals surface area contributed by atoms with Crippen LogP contribution in [0.1, 0.15) is 29.2 Å². The number of aromatic nitrogens is 4. The molecule has 2 aliphatic rings. The maximum absolute atomic E-state index is 5.04. The van der Waals surface area contributed by atoms with Crippen molar-refractivity contribution >= 4 is 33.7 Å². The Labute approximate surface area is 177 Å². The van der Waals surface area contributed by atoms with Crippen molar-refractivity contribution in [1.29, 1.82) is 0 Å². The second-order valence-corrected chi connectivity index (χ2v) is 8.43. The van der Waals surface area contributed by atoms with Crippen LogP contribution in [0.15, 0.2) is 53.0 Å². The van der Waals surface area contributed by atoms with Crippen LogP contribution < -0.4 is 5.32 Å². The number of H-pyrrole nitrogens is 1. The van der Waals surface area contributed by atoms with Crippen molar-refractivity contribution in [3.8, 4) is 10.6 Å². The van der Waals surface area contributed by atoms with Gasteiger partial charge in [-0.2, -0.15) is 0 Å². The van der Waals surface area contributed by atoms with Gasteiger partial charge in [0.2, 0.25) is 0 Å².